The number of thiophene rings is 1. The summed E-state index contributed by atoms with van der Waals surface area (Å²) in [5.74, 6) is 0.667. The summed E-state index contributed by atoms with van der Waals surface area (Å²) in [6, 6.07) is 64.1. The molecule has 0 atom stereocenters. The monoisotopic (exact) mass is 779 g/mol. The Balaban J connectivity index is 1.16. The molecule has 15 rings (SSSR count). The Hall–Kier alpha value is -7.80. The molecule has 6 heterocycles. The van der Waals surface area contributed by atoms with Crippen molar-refractivity contribution in [3.63, 3.8) is 0 Å². The zero-order valence-corrected chi connectivity index (χ0v) is 32.7. The van der Waals surface area contributed by atoms with Crippen molar-refractivity contribution in [1.29, 1.82) is 0 Å². The molecule has 5 nitrogen and oxygen atoms in total. The molecule has 0 saturated heterocycles. The van der Waals surface area contributed by atoms with E-state index in [1.807, 2.05) is 11.3 Å². The molecule has 0 aliphatic rings. The Kier molecular flexibility index (Phi) is 5.74. The highest BCUT2D eigenvalue weighted by atomic mass is 32.1. The summed E-state index contributed by atoms with van der Waals surface area (Å²) in [5, 5.41) is 13.4. The van der Waals surface area contributed by atoms with E-state index >= 15 is 0 Å². The minimum Gasteiger partial charge on any atom is -0.309 e. The lowest BCUT2D eigenvalue weighted by Crippen LogP contribution is -2.04. The first-order valence-corrected chi connectivity index (χ1v) is 21.2. The lowest BCUT2D eigenvalue weighted by atomic mass is 9.99. The minimum atomic E-state index is 0.667. The third-order valence-electron chi connectivity index (χ3n) is 13.2. The van der Waals surface area contributed by atoms with Crippen LogP contribution in [0.1, 0.15) is 0 Å². The van der Waals surface area contributed by atoms with E-state index in [2.05, 4.69) is 189 Å². The zero-order valence-electron chi connectivity index (χ0n) is 31.9. The average Bonchev–Trinajstić information content (AvgIpc) is 4.03. The highest BCUT2D eigenvalue weighted by Crippen LogP contribution is 2.50. The number of hydrogen-bond donors (Lipinski definition) is 0. The minimum absolute atomic E-state index is 0.667. The van der Waals surface area contributed by atoms with Crippen molar-refractivity contribution >= 4 is 124 Å². The lowest BCUT2D eigenvalue weighted by molar-refractivity contribution is 1.02. The average molecular weight is 780 g/mol. The molecule has 0 unspecified atom stereocenters. The molecule has 15 aromatic rings. The van der Waals surface area contributed by atoms with Gasteiger partial charge >= 0.3 is 0 Å². The highest BCUT2D eigenvalue weighted by molar-refractivity contribution is 7.26. The smallest absolute Gasteiger partial charge is 0.235 e. The number of hydrogen-bond acceptors (Lipinski definition) is 3. The molecule has 0 bridgehead atoms. The standard InChI is InChI=1S/C54H29N5S/c1-2-13-31(14-3-1)57-40-21-11-22-41-47(40)48-42(57)28-29-43-49(48)50-44(27-25-35-33-16-6-8-20-39(33)58(41)52(35)50)59(43)54-55-38-26-24-30-12-4-5-15-32(30)46(38)51(56-54)37-19-10-18-36-34-17-7-9-23-45(34)60-53(36)37/h1-29H. The fraction of sp³-hybridized carbons (Fsp3) is 0. The van der Waals surface area contributed by atoms with E-state index < -0.39 is 0 Å². The van der Waals surface area contributed by atoms with Crippen LogP contribution >= 0.6 is 11.3 Å². The maximum atomic E-state index is 5.76. The predicted octanol–water partition coefficient (Wildman–Crippen LogP) is 14.4. The van der Waals surface area contributed by atoms with Gasteiger partial charge in [0, 0.05) is 69.1 Å². The Labute approximate surface area is 344 Å². The molecule has 60 heavy (non-hydrogen) atoms. The van der Waals surface area contributed by atoms with Crippen molar-refractivity contribution in [2.24, 2.45) is 0 Å². The highest BCUT2D eigenvalue weighted by Gasteiger charge is 2.28. The molecule has 0 spiro atoms. The molecule has 6 heteroatoms. The predicted molar refractivity (Wildman–Crippen MR) is 252 cm³/mol. The van der Waals surface area contributed by atoms with Gasteiger partial charge in [-0.1, -0.05) is 115 Å². The first-order chi connectivity index (χ1) is 29.8. The van der Waals surface area contributed by atoms with Gasteiger partial charge in [0.2, 0.25) is 5.95 Å². The van der Waals surface area contributed by atoms with E-state index in [1.165, 1.54) is 85.5 Å². The van der Waals surface area contributed by atoms with Crippen molar-refractivity contribution in [2.75, 3.05) is 0 Å². The number of rotatable bonds is 3. The van der Waals surface area contributed by atoms with Crippen LogP contribution in [0, 0.1) is 0 Å². The van der Waals surface area contributed by atoms with Gasteiger partial charge in [-0.15, -0.1) is 11.3 Å². The van der Waals surface area contributed by atoms with E-state index in [0.717, 1.165) is 44.3 Å². The Morgan fingerprint density at radius 2 is 1.05 bits per heavy atom. The second-order valence-corrected chi connectivity index (χ2v) is 17.1. The molecule has 0 aliphatic heterocycles. The summed E-state index contributed by atoms with van der Waals surface area (Å²) in [6.07, 6.45) is 0. The van der Waals surface area contributed by atoms with Crippen LogP contribution in [0.15, 0.2) is 176 Å². The van der Waals surface area contributed by atoms with Gasteiger partial charge in [-0.3, -0.25) is 4.57 Å². The van der Waals surface area contributed by atoms with Crippen LogP contribution in [0.3, 0.4) is 0 Å². The maximum absolute atomic E-state index is 5.76. The number of fused-ring (bicyclic) bond motifs is 10. The van der Waals surface area contributed by atoms with Crippen LogP contribution in [-0.4, -0.2) is 23.5 Å². The number of aromatic nitrogens is 5. The van der Waals surface area contributed by atoms with E-state index in [9.17, 15) is 0 Å². The van der Waals surface area contributed by atoms with Crippen molar-refractivity contribution in [3.8, 4) is 22.9 Å². The third-order valence-corrected chi connectivity index (χ3v) is 14.4. The zero-order chi connectivity index (χ0) is 38.8. The van der Waals surface area contributed by atoms with Crippen LogP contribution in [-0.2, 0) is 0 Å². The number of benzene rings is 9. The molecule has 0 aliphatic carbocycles. The first-order valence-electron chi connectivity index (χ1n) is 20.4. The summed E-state index contributed by atoms with van der Waals surface area (Å²) >= 11 is 1.84. The molecule has 276 valence electrons. The van der Waals surface area contributed by atoms with Gasteiger partial charge in [-0.25, -0.2) is 9.97 Å². The van der Waals surface area contributed by atoms with Crippen LogP contribution in [0.25, 0.3) is 136 Å². The molecular weight excluding hydrogens is 751 g/mol. The van der Waals surface area contributed by atoms with Gasteiger partial charge in [0.25, 0.3) is 0 Å². The fourth-order valence-corrected chi connectivity index (χ4v) is 12.0. The normalized spacial score (nSPS) is 12.7. The summed E-state index contributed by atoms with van der Waals surface area (Å²) in [6.45, 7) is 0. The van der Waals surface area contributed by atoms with Gasteiger partial charge in [-0.2, -0.15) is 0 Å². The van der Waals surface area contributed by atoms with Crippen molar-refractivity contribution < 1.29 is 0 Å². The third kappa shape index (κ3) is 3.74. The first kappa shape index (κ1) is 31.2. The van der Waals surface area contributed by atoms with E-state index in [4.69, 9.17) is 9.97 Å². The second kappa shape index (κ2) is 11.0. The molecular formula is C54H29N5S. The van der Waals surface area contributed by atoms with Gasteiger partial charge in [0.15, 0.2) is 0 Å². The molecule has 0 saturated carbocycles. The SMILES string of the molecule is c1ccc(-n2c3ccc4c5c3c3c2cccc3n2c3ccccc3c3ccc(c5c32)n4-c2nc(-c3cccc4c3sc3ccccc34)c3c(ccc4ccccc43)n2)cc1. The van der Waals surface area contributed by atoms with Crippen LogP contribution in [0.5, 0.6) is 0 Å². The molecule has 0 N–H and O–H groups in total. The molecule has 0 radical (unpaired) electrons. The summed E-state index contributed by atoms with van der Waals surface area (Å²) < 4.78 is 9.82. The summed E-state index contributed by atoms with van der Waals surface area (Å²) in [5.41, 5.74) is 12.3. The maximum Gasteiger partial charge on any atom is 0.235 e. The summed E-state index contributed by atoms with van der Waals surface area (Å²) in [7, 11) is 0. The van der Waals surface area contributed by atoms with Gasteiger partial charge in [0.1, 0.15) is 0 Å². The number of para-hydroxylation sites is 2. The molecule has 0 amide bonds. The topological polar surface area (TPSA) is 40.0 Å². The molecule has 6 aromatic heterocycles. The fourth-order valence-electron chi connectivity index (χ4n) is 10.8. The van der Waals surface area contributed by atoms with Crippen molar-refractivity contribution in [3.05, 3.63) is 176 Å². The van der Waals surface area contributed by atoms with Crippen molar-refractivity contribution in [2.45, 2.75) is 0 Å². The van der Waals surface area contributed by atoms with Gasteiger partial charge in [0.05, 0.1) is 49.8 Å². The molecule has 9 aromatic carbocycles. The van der Waals surface area contributed by atoms with Crippen LogP contribution in [0.2, 0.25) is 0 Å². The van der Waals surface area contributed by atoms with Crippen LogP contribution < -0.4 is 0 Å². The van der Waals surface area contributed by atoms with E-state index in [-0.39, 0.29) is 0 Å². The Bertz CT molecular complexity index is 4300. The summed E-state index contributed by atoms with van der Waals surface area (Å²) in [4.78, 5) is 11.3. The lowest BCUT2D eigenvalue weighted by Gasteiger charge is -2.14. The largest absolute Gasteiger partial charge is 0.309 e. The van der Waals surface area contributed by atoms with E-state index in [0.29, 0.717) is 5.95 Å². The van der Waals surface area contributed by atoms with Gasteiger partial charge in [-0.05, 0) is 71.4 Å². The second-order valence-electron chi connectivity index (χ2n) is 16.1. The molecule has 0 fully saturated rings. The number of nitrogens with zero attached hydrogens (tertiary/aromatic N) is 5. The Morgan fingerprint density at radius 3 is 1.97 bits per heavy atom. The Morgan fingerprint density at radius 1 is 0.383 bits per heavy atom. The van der Waals surface area contributed by atoms with Gasteiger partial charge < -0.3 is 8.97 Å². The quantitative estimate of drug-likeness (QED) is 0.168. The van der Waals surface area contributed by atoms with Crippen LogP contribution in [0.4, 0.5) is 0 Å². The van der Waals surface area contributed by atoms with Crippen molar-refractivity contribution in [1.82, 2.24) is 23.5 Å². The van der Waals surface area contributed by atoms with E-state index in [1.54, 1.807) is 0 Å².